The molecule has 1 heterocycles. The van der Waals surface area contributed by atoms with Crippen molar-refractivity contribution < 1.29 is 32.1 Å². The first-order valence-corrected chi connectivity index (χ1v) is 20.9. The minimum absolute atomic E-state index is 0.00913. The van der Waals surface area contributed by atoms with Crippen molar-refractivity contribution >= 4 is 20.7 Å². The molecule has 0 amide bonds. The average molecular weight is 786 g/mol. The molecule has 0 aliphatic carbocycles. The minimum Gasteiger partial charge on any atom is -0.494 e. The molecule has 10 nitrogen and oxygen atoms in total. The van der Waals surface area contributed by atoms with E-state index in [2.05, 4.69) is 49.9 Å². The normalized spacial score (nSPS) is 11.8. The van der Waals surface area contributed by atoms with Crippen LogP contribution in [-0.2, 0) is 29.2 Å². The molecule has 0 saturated heterocycles. The first kappa shape index (κ1) is 42.4. The number of benzene rings is 4. The molecular formula is C45H59N3O7S. The lowest BCUT2D eigenvalue weighted by atomic mass is 10.0. The van der Waals surface area contributed by atoms with Gasteiger partial charge in [-0.1, -0.05) is 44.2 Å². The van der Waals surface area contributed by atoms with Gasteiger partial charge in [-0.3, -0.25) is 0 Å². The number of aromatic nitrogens is 1. The summed E-state index contributed by atoms with van der Waals surface area (Å²) < 4.78 is 58.9. The SMILES string of the molecule is COc1ccc(CCN(C)CCCOc2ccc(S(=O)(=O)c3c(C(C)C)c4ccccc4n3CCCN(C)CCc3ccc(OC)c(OC)c3)cc2)cc1OC. The maximum absolute atomic E-state index is 14.6. The molecule has 302 valence electrons. The lowest BCUT2D eigenvalue weighted by Crippen LogP contribution is -2.24. The highest BCUT2D eigenvalue weighted by atomic mass is 32.2. The third-order valence-electron chi connectivity index (χ3n) is 10.3. The second-order valence-electron chi connectivity index (χ2n) is 14.6. The van der Waals surface area contributed by atoms with Crippen LogP contribution in [0.3, 0.4) is 0 Å². The predicted molar refractivity (Wildman–Crippen MR) is 224 cm³/mol. The number of fused-ring (bicyclic) bond motifs is 1. The van der Waals surface area contributed by atoms with Gasteiger partial charge >= 0.3 is 0 Å². The van der Waals surface area contributed by atoms with Crippen molar-refractivity contribution in [3.05, 3.63) is 102 Å². The molecule has 0 aliphatic heterocycles. The first-order valence-electron chi connectivity index (χ1n) is 19.4. The van der Waals surface area contributed by atoms with Crippen LogP contribution in [0.25, 0.3) is 10.9 Å². The van der Waals surface area contributed by atoms with Crippen LogP contribution in [0.1, 0.15) is 49.3 Å². The summed E-state index contributed by atoms with van der Waals surface area (Å²) in [4.78, 5) is 4.83. The number of ether oxygens (including phenoxy) is 5. The van der Waals surface area contributed by atoms with Crippen molar-refractivity contribution in [3.63, 3.8) is 0 Å². The summed E-state index contributed by atoms with van der Waals surface area (Å²) in [7, 11) is 6.93. The van der Waals surface area contributed by atoms with Gasteiger partial charge in [0.25, 0.3) is 0 Å². The van der Waals surface area contributed by atoms with Gasteiger partial charge in [-0.05, 0) is 124 Å². The maximum Gasteiger partial charge on any atom is 0.222 e. The summed E-state index contributed by atoms with van der Waals surface area (Å²) in [6.45, 7) is 8.68. The zero-order valence-electron chi connectivity index (χ0n) is 34.3. The van der Waals surface area contributed by atoms with Gasteiger partial charge in [0.15, 0.2) is 23.0 Å². The Morgan fingerprint density at radius 2 is 1.18 bits per heavy atom. The molecule has 0 saturated carbocycles. The fraction of sp³-hybridized carbons (Fsp3) is 0.422. The molecule has 11 heteroatoms. The van der Waals surface area contributed by atoms with Crippen LogP contribution < -0.4 is 23.7 Å². The highest BCUT2D eigenvalue weighted by molar-refractivity contribution is 7.91. The summed E-state index contributed by atoms with van der Waals surface area (Å²) >= 11 is 0. The van der Waals surface area contributed by atoms with Crippen LogP contribution in [0.4, 0.5) is 0 Å². The van der Waals surface area contributed by atoms with Crippen LogP contribution in [-0.4, -0.2) is 98.1 Å². The minimum atomic E-state index is -3.86. The van der Waals surface area contributed by atoms with Gasteiger partial charge in [0, 0.05) is 37.1 Å². The van der Waals surface area contributed by atoms with E-state index in [0.29, 0.717) is 29.7 Å². The van der Waals surface area contributed by atoms with Crippen LogP contribution in [0.2, 0.25) is 0 Å². The lowest BCUT2D eigenvalue weighted by Gasteiger charge is -2.19. The second-order valence-corrected chi connectivity index (χ2v) is 16.4. The van der Waals surface area contributed by atoms with E-state index in [9.17, 15) is 8.42 Å². The maximum atomic E-state index is 14.6. The topological polar surface area (TPSA) is 91.7 Å². The summed E-state index contributed by atoms with van der Waals surface area (Å²) in [5.74, 6) is 3.57. The van der Waals surface area contributed by atoms with E-state index >= 15 is 0 Å². The third kappa shape index (κ3) is 10.4. The lowest BCUT2D eigenvalue weighted by molar-refractivity contribution is 0.264. The second kappa shape index (κ2) is 19.9. The van der Waals surface area contributed by atoms with E-state index in [4.69, 9.17) is 23.7 Å². The van der Waals surface area contributed by atoms with Crippen molar-refractivity contribution in [2.24, 2.45) is 0 Å². The molecule has 5 aromatic rings. The van der Waals surface area contributed by atoms with Crippen molar-refractivity contribution in [3.8, 4) is 28.7 Å². The van der Waals surface area contributed by atoms with E-state index in [1.54, 1.807) is 52.7 Å². The van der Waals surface area contributed by atoms with Gasteiger partial charge in [0.2, 0.25) is 9.84 Å². The van der Waals surface area contributed by atoms with Crippen LogP contribution in [0.5, 0.6) is 28.7 Å². The number of nitrogens with zero attached hydrogens (tertiary/aromatic N) is 3. The Bertz CT molecular complexity index is 2130. The Balaban J connectivity index is 1.20. The highest BCUT2D eigenvalue weighted by Gasteiger charge is 2.30. The van der Waals surface area contributed by atoms with E-state index in [-0.39, 0.29) is 10.8 Å². The van der Waals surface area contributed by atoms with E-state index in [0.717, 1.165) is 85.6 Å². The molecule has 0 atom stereocenters. The van der Waals surface area contributed by atoms with Crippen molar-refractivity contribution in [2.45, 2.75) is 61.9 Å². The van der Waals surface area contributed by atoms with Gasteiger partial charge in [-0.2, -0.15) is 0 Å². The Labute approximate surface area is 333 Å². The van der Waals surface area contributed by atoms with Gasteiger partial charge in [0.1, 0.15) is 10.8 Å². The molecule has 4 aromatic carbocycles. The summed E-state index contributed by atoms with van der Waals surface area (Å²) in [6.07, 6.45) is 3.38. The zero-order chi connectivity index (χ0) is 40.2. The number of aryl methyl sites for hydroxylation is 1. The molecule has 0 radical (unpaired) electrons. The highest BCUT2D eigenvalue weighted by Crippen LogP contribution is 2.38. The monoisotopic (exact) mass is 785 g/mol. The summed E-state index contributed by atoms with van der Waals surface area (Å²) in [6, 6.07) is 27.0. The molecule has 0 fully saturated rings. The molecule has 5 rings (SSSR count). The first-order chi connectivity index (χ1) is 27.0. The Morgan fingerprint density at radius 1 is 0.643 bits per heavy atom. The fourth-order valence-electron chi connectivity index (χ4n) is 7.16. The number of sulfone groups is 1. The number of hydrogen-bond donors (Lipinski definition) is 0. The third-order valence-corrected chi connectivity index (χ3v) is 12.1. The predicted octanol–water partition coefficient (Wildman–Crippen LogP) is 8.14. The van der Waals surface area contributed by atoms with Gasteiger partial charge < -0.3 is 38.1 Å². The number of para-hydroxylation sites is 1. The number of methoxy groups -OCH3 is 4. The smallest absolute Gasteiger partial charge is 0.222 e. The van der Waals surface area contributed by atoms with Crippen LogP contribution in [0.15, 0.2) is 94.9 Å². The van der Waals surface area contributed by atoms with E-state index < -0.39 is 9.84 Å². The summed E-state index contributed by atoms with van der Waals surface area (Å²) in [5, 5.41) is 1.36. The number of likely N-dealkylation sites (N-methyl/N-ethyl adjacent to an activating group) is 2. The fourth-order valence-corrected chi connectivity index (χ4v) is 8.99. The zero-order valence-corrected chi connectivity index (χ0v) is 35.2. The van der Waals surface area contributed by atoms with E-state index in [1.807, 2.05) is 53.1 Å². The standard InChI is InChI=1S/C45H59N3O7S/c1-33(2)44-38-13-9-10-14-39(38)48(27-11-25-46(3)28-23-34-15-21-40(51-5)42(31-34)53-7)45(44)56(49,50)37-19-17-36(18-20-37)55-30-12-26-47(4)29-24-35-16-22-41(52-6)43(32-35)54-8/h9-10,13-22,31-33H,11-12,23-30H2,1-8H3. The van der Waals surface area contributed by atoms with Crippen molar-refractivity contribution in [2.75, 3.05) is 75.3 Å². The molecule has 56 heavy (non-hydrogen) atoms. The molecular weight excluding hydrogens is 727 g/mol. The Hall–Kier alpha value is -4.71. The summed E-state index contributed by atoms with van der Waals surface area (Å²) in [5.41, 5.74) is 4.16. The van der Waals surface area contributed by atoms with Crippen LogP contribution in [0, 0.1) is 0 Å². The molecule has 0 spiro atoms. The van der Waals surface area contributed by atoms with Crippen LogP contribution >= 0.6 is 0 Å². The molecule has 0 aliphatic rings. The Kier molecular flexibility index (Phi) is 15.1. The molecule has 0 bridgehead atoms. The van der Waals surface area contributed by atoms with Gasteiger partial charge in [-0.15, -0.1) is 0 Å². The van der Waals surface area contributed by atoms with Gasteiger partial charge in [-0.25, -0.2) is 8.42 Å². The number of hydrogen-bond acceptors (Lipinski definition) is 9. The van der Waals surface area contributed by atoms with E-state index in [1.165, 1.54) is 11.1 Å². The number of rotatable bonds is 22. The quantitative estimate of drug-likeness (QED) is 0.0646. The average Bonchev–Trinajstić information content (AvgIpc) is 3.56. The van der Waals surface area contributed by atoms with Crippen molar-refractivity contribution in [1.82, 2.24) is 14.4 Å². The Morgan fingerprint density at radius 3 is 1.71 bits per heavy atom. The van der Waals surface area contributed by atoms with Gasteiger partial charge in [0.05, 0.1) is 39.9 Å². The molecule has 0 N–H and O–H groups in total. The largest absolute Gasteiger partial charge is 0.494 e. The molecule has 1 aromatic heterocycles. The van der Waals surface area contributed by atoms with Crippen molar-refractivity contribution in [1.29, 1.82) is 0 Å². The molecule has 0 unspecified atom stereocenters.